The maximum atomic E-state index is 11.3. The summed E-state index contributed by atoms with van der Waals surface area (Å²) in [5.41, 5.74) is 0.581. The standard InChI is InChI=1S/C18H28N2O4Si/c1-5-14-11-15(24-25(6-2,7-3)8-4)12-18(23-14)16-9-10-19-13-17(16)20(21)22/h9-11,13-14,18H,5-8,12H2,1-4H3/t14-,18-/m1/s1. The van der Waals surface area contributed by atoms with E-state index in [-0.39, 0.29) is 17.9 Å². The third-order valence-corrected chi connectivity index (χ3v) is 9.72. The van der Waals surface area contributed by atoms with E-state index in [0.29, 0.717) is 12.0 Å². The molecule has 0 aliphatic carbocycles. The van der Waals surface area contributed by atoms with Gasteiger partial charge in [-0.1, -0.05) is 27.7 Å². The number of nitrogens with zero attached hydrogens (tertiary/aromatic N) is 2. The van der Waals surface area contributed by atoms with Crippen molar-refractivity contribution in [2.24, 2.45) is 0 Å². The zero-order valence-corrected chi connectivity index (χ0v) is 16.5. The minimum absolute atomic E-state index is 0.00795. The number of hydrogen-bond donors (Lipinski definition) is 0. The maximum Gasteiger partial charge on any atom is 0.293 e. The lowest BCUT2D eigenvalue weighted by molar-refractivity contribution is -0.386. The Kier molecular flexibility index (Phi) is 6.72. The highest BCUT2D eigenvalue weighted by molar-refractivity contribution is 6.73. The summed E-state index contributed by atoms with van der Waals surface area (Å²) in [6.07, 6.45) is 5.82. The summed E-state index contributed by atoms with van der Waals surface area (Å²) in [6, 6.07) is 4.88. The van der Waals surface area contributed by atoms with Crippen molar-refractivity contribution in [3.63, 3.8) is 0 Å². The Bertz CT molecular complexity index is 623. The third kappa shape index (κ3) is 4.46. The van der Waals surface area contributed by atoms with Crippen molar-refractivity contribution in [1.82, 2.24) is 4.98 Å². The largest absolute Gasteiger partial charge is 0.547 e. The molecule has 2 heterocycles. The van der Waals surface area contributed by atoms with Crippen molar-refractivity contribution in [3.8, 4) is 0 Å². The summed E-state index contributed by atoms with van der Waals surface area (Å²) >= 11 is 0. The molecule has 7 heteroatoms. The molecular formula is C18H28N2O4Si. The predicted molar refractivity (Wildman–Crippen MR) is 99.8 cm³/mol. The van der Waals surface area contributed by atoms with Gasteiger partial charge in [-0.3, -0.25) is 15.1 Å². The molecule has 0 N–H and O–H groups in total. The lowest BCUT2D eigenvalue weighted by Crippen LogP contribution is -2.37. The van der Waals surface area contributed by atoms with Crippen LogP contribution in [0.4, 0.5) is 5.69 Å². The molecule has 0 amide bonds. The first kappa shape index (κ1) is 19.6. The van der Waals surface area contributed by atoms with Gasteiger partial charge in [-0.2, -0.15) is 0 Å². The van der Waals surface area contributed by atoms with Gasteiger partial charge in [0.2, 0.25) is 8.32 Å². The van der Waals surface area contributed by atoms with Crippen LogP contribution < -0.4 is 0 Å². The van der Waals surface area contributed by atoms with E-state index in [0.717, 1.165) is 30.3 Å². The molecule has 0 saturated heterocycles. The molecule has 0 fully saturated rings. The first-order chi connectivity index (χ1) is 12.0. The molecule has 2 atom stereocenters. The fourth-order valence-corrected chi connectivity index (χ4v) is 5.94. The van der Waals surface area contributed by atoms with Crippen molar-refractivity contribution in [3.05, 3.63) is 46.0 Å². The molecule has 1 aliphatic rings. The van der Waals surface area contributed by atoms with Crippen LogP contribution in [0.2, 0.25) is 18.1 Å². The van der Waals surface area contributed by atoms with Crippen LogP contribution in [-0.2, 0) is 9.16 Å². The first-order valence-corrected chi connectivity index (χ1v) is 11.6. The Balaban J connectivity index is 2.30. The summed E-state index contributed by atoms with van der Waals surface area (Å²) in [4.78, 5) is 14.8. The molecule has 0 radical (unpaired) electrons. The number of ether oxygens (including phenoxy) is 1. The van der Waals surface area contributed by atoms with Crippen LogP contribution in [0, 0.1) is 10.1 Å². The molecule has 0 bridgehead atoms. The van der Waals surface area contributed by atoms with Crippen molar-refractivity contribution in [2.75, 3.05) is 0 Å². The second-order valence-corrected chi connectivity index (χ2v) is 11.1. The maximum absolute atomic E-state index is 11.3. The normalized spacial score (nSPS) is 20.9. The molecule has 1 aromatic heterocycles. The van der Waals surface area contributed by atoms with E-state index in [1.807, 2.05) is 6.92 Å². The van der Waals surface area contributed by atoms with E-state index < -0.39 is 13.2 Å². The van der Waals surface area contributed by atoms with Crippen LogP contribution in [0.5, 0.6) is 0 Å². The molecule has 138 valence electrons. The molecular weight excluding hydrogens is 336 g/mol. The summed E-state index contributed by atoms with van der Waals surface area (Å²) in [5, 5.41) is 11.3. The molecule has 0 unspecified atom stereocenters. The summed E-state index contributed by atoms with van der Waals surface area (Å²) in [6.45, 7) is 8.64. The summed E-state index contributed by atoms with van der Waals surface area (Å²) in [5.74, 6) is 0.937. The van der Waals surface area contributed by atoms with Crippen LogP contribution in [0.25, 0.3) is 0 Å². The highest BCUT2D eigenvalue weighted by atomic mass is 28.4. The zero-order valence-electron chi connectivity index (χ0n) is 15.5. The van der Waals surface area contributed by atoms with Crippen molar-refractivity contribution >= 4 is 14.0 Å². The number of aromatic nitrogens is 1. The lowest BCUT2D eigenvalue weighted by atomic mass is 10.0. The van der Waals surface area contributed by atoms with Crippen LogP contribution in [0.1, 0.15) is 52.2 Å². The first-order valence-electron chi connectivity index (χ1n) is 9.12. The Morgan fingerprint density at radius 2 is 2.00 bits per heavy atom. The fraction of sp³-hybridized carbons (Fsp3) is 0.611. The fourth-order valence-electron chi connectivity index (χ4n) is 3.30. The van der Waals surface area contributed by atoms with Gasteiger partial charge in [-0.15, -0.1) is 0 Å². The number of nitro groups is 1. The van der Waals surface area contributed by atoms with Crippen LogP contribution in [0.3, 0.4) is 0 Å². The minimum atomic E-state index is -1.78. The number of pyridine rings is 1. The Morgan fingerprint density at radius 1 is 1.32 bits per heavy atom. The van der Waals surface area contributed by atoms with Crippen LogP contribution >= 0.6 is 0 Å². The van der Waals surface area contributed by atoms with Gasteiger partial charge in [0.15, 0.2) is 0 Å². The quantitative estimate of drug-likeness (QED) is 0.363. The molecule has 6 nitrogen and oxygen atoms in total. The van der Waals surface area contributed by atoms with Crippen molar-refractivity contribution in [1.29, 1.82) is 0 Å². The average Bonchev–Trinajstić information content (AvgIpc) is 2.65. The van der Waals surface area contributed by atoms with Gasteiger partial charge >= 0.3 is 0 Å². The monoisotopic (exact) mass is 364 g/mol. The van der Waals surface area contributed by atoms with E-state index >= 15 is 0 Å². The topological polar surface area (TPSA) is 74.5 Å². The van der Waals surface area contributed by atoms with E-state index in [4.69, 9.17) is 9.16 Å². The molecule has 1 aromatic rings. The van der Waals surface area contributed by atoms with Crippen molar-refractivity contribution in [2.45, 2.75) is 70.9 Å². The van der Waals surface area contributed by atoms with Crippen LogP contribution in [0.15, 0.2) is 30.3 Å². The van der Waals surface area contributed by atoms with Gasteiger partial charge in [-0.25, -0.2) is 0 Å². The van der Waals surface area contributed by atoms with E-state index in [2.05, 4.69) is 31.8 Å². The Morgan fingerprint density at radius 3 is 2.56 bits per heavy atom. The van der Waals surface area contributed by atoms with E-state index in [1.54, 1.807) is 12.3 Å². The lowest BCUT2D eigenvalue weighted by Gasteiger charge is -2.35. The number of rotatable bonds is 8. The highest BCUT2D eigenvalue weighted by Gasteiger charge is 2.35. The minimum Gasteiger partial charge on any atom is -0.547 e. The van der Waals surface area contributed by atoms with Gasteiger partial charge in [-0.05, 0) is 36.7 Å². The molecule has 25 heavy (non-hydrogen) atoms. The van der Waals surface area contributed by atoms with Gasteiger partial charge in [0.25, 0.3) is 5.69 Å². The van der Waals surface area contributed by atoms with Gasteiger partial charge in [0.05, 0.1) is 28.5 Å². The average molecular weight is 365 g/mol. The van der Waals surface area contributed by atoms with Gasteiger partial charge < -0.3 is 9.16 Å². The van der Waals surface area contributed by atoms with E-state index in [1.165, 1.54) is 6.20 Å². The van der Waals surface area contributed by atoms with Crippen LogP contribution in [-0.4, -0.2) is 24.3 Å². The predicted octanol–water partition coefficient (Wildman–Crippen LogP) is 5.14. The Hall–Kier alpha value is -1.73. The highest BCUT2D eigenvalue weighted by Crippen LogP contribution is 2.38. The molecule has 0 spiro atoms. The van der Waals surface area contributed by atoms with E-state index in [9.17, 15) is 10.1 Å². The SMILES string of the molecule is CC[C@@H]1C=C(O[Si](CC)(CC)CC)C[C@H](c2ccncc2[N+](=O)[O-])O1. The van der Waals surface area contributed by atoms with Gasteiger partial charge in [0, 0.05) is 12.6 Å². The summed E-state index contributed by atoms with van der Waals surface area (Å²) in [7, 11) is -1.78. The second kappa shape index (κ2) is 8.58. The summed E-state index contributed by atoms with van der Waals surface area (Å²) < 4.78 is 12.6. The second-order valence-electron chi connectivity index (χ2n) is 6.45. The molecule has 0 saturated carbocycles. The molecule has 0 aromatic carbocycles. The molecule has 2 rings (SSSR count). The third-order valence-electron chi connectivity index (χ3n) is 5.16. The smallest absolute Gasteiger partial charge is 0.293 e. The zero-order chi connectivity index (χ0) is 18.4. The Labute approximate surface area is 150 Å². The molecule has 1 aliphatic heterocycles. The number of hydrogen-bond acceptors (Lipinski definition) is 5. The van der Waals surface area contributed by atoms with Gasteiger partial charge in [0.1, 0.15) is 6.20 Å². The van der Waals surface area contributed by atoms with Crippen molar-refractivity contribution < 1.29 is 14.1 Å².